The summed E-state index contributed by atoms with van der Waals surface area (Å²) in [5.41, 5.74) is 0. The molecular formula is C10H20O2Si. The van der Waals surface area contributed by atoms with Crippen LogP contribution < -0.4 is 0 Å². The van der Waals surface area contributed by atoms with E-state index in [4.69, 9.17) is 4.43 Å². The molecule has 0 spiro atoms. The van der Waals surface area contributed by atoms with Crippen LogP contribution in [-0.4, -0.2) is 14.1 Å². The molecule has 2 nitrogen and oxygen atoms in total. The van der Waals surface area contributed by atoms with Gasteiger partial charge in [-0.05, 0) is 19.6 Å². The first kappa shape index (κ1) is 12.4. The average molecular weight is 200 g/mol. The van der Waals surface area contributed by atoms with Gasteiger partial charge < -0.3 is 4.43 Å². The first-order chi connectivity index (χ1) is 5.89. The second-order valence-electron chi connectivity index (χ2n) is 4.00. The maximum absolute atomic E-state index is 11.1. The van der Waals surface area contributed by atoms with Crippen LogP contribution in [0.2, 0.25) is 19.6 Å². The molecule has 0 bridgehead atoms. The lowest BCUT2D eigenvalue weighted by atomic mass is 10.2. The molecule has 3 heteroatoms. The Hall–Kier alpha value is -0.573. The van der Waals surface area contributed by atoms with Gasteiger partial charge in [0.25, 0.3) is 0 Å². The summed E-state index contributed by atoms with van der Waals surface area (Å²) >= 11 is 0. The zero-order valence-electron chi connectivity index (χ0n) is 9.31. The van der Waals surface area contributed by atoms with Crippen LogP contribution in [0.3, 0.4) is 0 Å². The van der Waals surface area contributed by atoms with Crippen LogP contribution in [0.1, 0.15) is 26.7 Å². The highest BCUT2D eigenvalue weighted by atomic mass is 28.4. The van der Waals surface area contributed by atoms with Gasteiger partial charge in [0.15, 0.2) is 5.78 Å². The molecule has 0 aliphatic rings. The second kappa shape index (κ2) is 5.22. The molecule has 0 saturated carbocycles. The second-order valence-corrected chi connectivity index (χ2v) is 8.43. The minimum Gasteiger partial charge on any atom is -0.547 e. The average Bonchev–Trinajstić information content (AvgIpc) is 2.00. The van der Waals surface area contributed by atoms with E-state index < -0.39 is 8.32 Å². The fourth-order valence-corrected chi connectivity index (χ4v) is 1.87. The van der Waals surface area contributed by atoms with E-state index in [-0.39, 0.29) is 5.78 Å². The Morgan fingerprint density at radius 3 is 2.08 bits per heavy atom. The first-order valence-electron chi connectivity index (χ1n) is 4.81. The lowest BCUT2D eigenvalue weighted by Gasteiger charge is -2.20. The van der Waals surface area contributed by atoms with E-state index in [0.717, 1.165) is 12.2 Å². The summed E-state index contributed by atoms with van der Waals surface area (Å²) in [7, 11) is -1.54. The zero-order chi connectivity index (χ0) is 10.5. The van der Waals surface area contributed by atoms with Crippen LogP contribution >= 0.6 is 0 Å². The molecule has 0 heterocycles. The van der Waals surface area contributed by atoms with Gasteiger partial charge in [0.1, 0.15) is 0 Å². The van der Waals surface area contributed by atoms with Crippen LogP contribution in [0.4, 0.5) is 0 Å². The summed E-state index contributed by atoms with van der Waals surface area (Å²) in [5, 5.41) is 0. The molecule has 0 rings (SSSR count). The molecule has 0 atom stereocenters. The van der Waals surface area contributed by atoms with Crippen LogP contribution in [0.25, 0.3) is 0 Å². The summed E-state index contributed by atoms with van der Waals surface area (Å²) < 4.78 is 5.74. The van der Waals surface area contributed by atoms with Crippen molar-refractivity contribution in [1.29, 1.82) is 0 Å². The van der Waals surface area contributed by atoms with E-state index in [1.807, 2.05) is 13.8 Å². The Labute approximate surface area is 82.1 Å². The standard InChI is InChI=1S/C10H20O2Si/c1-6-9(11)8-10(7-2)12-13(3,4)5/h8H,6-7H2,1-5H3/b10-8+. The molecule has 13 heavy (non-hydrogen) atoms. The summed E-state index contributed by atoms with van der Waals surface area (Å²) in [6.45, 7) is 10.2. The van der Waals surface area contributed by atoms with E-state index in [9.17, 15) is 4.79 Å². The molecular weight excluding hydrogens is 180 g/mol. The lowest BCUT2D eigenvalue weighted by Crippen LogP contribution is -2.25. The topological polar surface area (TPSA) is 26.3 Å². The van der Waals surface area contributed by atoms with E-state index in [2.05, 4.69) is 19.6 Å². The van der Waals surface area contributed by atoms with Gasteiger partial charge in [-0.15, -0.1) is 0 Å². The number of carbonyl (C=O) groups is 1. The summed E-state index contributed by atoms with van der Waals surface area (Å²) in [4.78, 5) is 11.1. The van der Waals surface area contributed by atoms with Crippen molar-refractivity contribution in [3.8, 4) is 0 Å². The van der Waals surface area contributed by atoms with E-state index in [0.29, 0.717) is 6.42 Å². The Kier molecular flexibility index (Phi) is 4.99. The quantitative estimate of drug-likeness (QED) is 0.387. The molecule has 0 aromatic heterocycles. The van der Waals surface area contributed by atoms with Crippen molar-refractivity contribution in [2.75, 3.05) is 0 Å². The number of rotatable bonds is 5. The molecule has 0 saturated heterocycles. The molecule has 0 aliphatic heterocycles. The number of hydrogen-bond acceptors (Lipinski definition) is 2. The van der Waals surface area contributed by atoms with Gasteiger partial charge in [0, 0.05) is 18.9 Å². The van der Waals surface area contributed by atoms with Gasteiger partial charge in [-0.3, -0.25) is 4.79 Å². The fourth-order valence-electron chi connectivity index (χ4n) is 0.879. The normalized spacial score (nSPS) is 12.8. The van der Waals surface area contributed by atoms with Gasteiger partial charge in [0.05, 0.1) is 5.76 Å². The Morgan fingerprint density at radius 1 is 1.23 bits per heavy atom. The van der Waals surface area contributed by atoms with Crippen molar-refractivity contribution in [2.45, 2.75) is 46.3 Å². The van der Waals surface area contributed by atoms with Crippen LogP contribution in [0.5, 0.6) is 0 Å². The van der Waals surface area contributed by atoms with Gasteiger partial charge in [-0.1, -0.05) is 13.8 Å². The number of hydrogen-bond donors (Lipinski definition) is 0. The monoisotopic (exact) mass is 200 g/mol. The van der Waals surface area contributed by atoms with Gasteiger partial charge >= 0.3 is 0 Å². The molecule has 0 unspecified atom stereocenters. The van der Waals surface area contributed by atoms with Crippen molar-refractivity contribution < 1.29 is 9.22 Å². The van der Waals surface area contributed by atoms with Crippen molar-refractivity contribution >= 4 is 14.1 Å². The summed E-state index contributed by atoms with van der Waals surface area (Å²) in [6.07, 6.45) is 2.99. The molecule has 0 amide bonds. The largest absolute Gasteiger partial charge is 0.547 e. The minimum absolute atomic E-state index is 0.148. The van der Waals surface area contributed by atoms with Crippen molar-refractivity contribution in [3.05, 3.63) is 11.8 Å². The van der Waals surface area contributed by atoms with Gasteiger partial charge in [-0.2, -0.15) is 0 Å². The predicted molar refractivity (Wildman–Crippen MR) is 58.1 cm³/mol. The number of ketones is 1. The van der Waals surface area contributed by atoms with Gasteiger partial charge in [-0.25, -0.2) is 0 Å². The highest BCUT2D eigenvalue weighted by Crippen LogP contribution is 2.13. The number of allylic oxidation sites excluding steroid dienone is 2. The molecule has 0 aromatic rings. The summed E-state index contributed by atoms with van der Waals surface area (Å²) in [6, 6.07) is 0. The molecule has 76 valence electrons. The Bertz CT molecular complexity index is 201. The zero-order valence-corrected chi connectivity index (χ0v) is 10.3. The minimum atomic E-state index is -1.54. The predicted octanol–water partition coefficient (Wildman–Crippen LogP) is 3.11. The smallest absolute Gasteiger partial charge is 0.241 e. The summed E-state index contributed by atoms with van der Waals surface area (Å²) in [5.74, 6) is 0.987. The number of carbonyl (C=O) groups excluding carboxylic acids is 1. The highest BCUT2D eigenvalue weighted by molar-refractivity contribution is 6.70. The molecule has 0 aliphatic carbocycles. The fraction of sp³-hybridized carbons (Fsp3) is 0.700. The third-order valence-corrected chi connectivity index (χ3v) is 2.33. The Morgan fingerprint density at radius 2 is 1.77 bits per heavy atom. The van der Waals surface area contributed by atoms with Crippen molar-refractivity contribution in [3.63, 3.8) is 0 Å². The van der Waals surface area contributed by atoms with Crippen molar-refractivity contribution in [2.24, 2.45) is 0 Å². The van der Waals surface area contributed by atoms with Crippen LogP contribution in [-0.2, 0) is 9.22 Å². The maximum atomic E-state index is 11.1. The van der Waals surface area contributed by atoms with Crippen LogP contribution in [0.15, 0.2) is 11.8 Å². The SMILES string of the molecule is CCC(=O)/C=C(\CC)O[Si](C)(C)C. The molecule has 0 radical (unpaired) electrons. The van der Waals surface area contributed by atoms with E-state index in [1.165, 1.54) is 0 Å². The first-order valence-corrected chi connectivity index (χ1v) is 8.22. The molecule has 0 N–H and O–H groups in total. The van der Waals surface area contributed by atoms with Crippen LogP contribution in [0, 0.1) is 0 Å². The van der Waals surface area contributed by atoms with Crippen molar-refractivity contribution in [1.82, 2.24) is 0 Å². The third kappa shape index (κ3) is 6.58. The van der Waals surface area contributed by atoms with Gasteiger partial charge in [0.2, 0.25) is 8.32 Å². The maximum Gasteiger partial charge on any atom is 0.241 e. The van der Waals surface area contributed by atoms with E-state index >= 15 is 0 Å². The molecule has 0 aromatic carbocycles. The van der Waals surface area contributed by atoms with E-state index in [1.54, 1.807) is 6.08 Å². The third-order valence-electron chi connectivity index (χ3n) is 1.46. The Balaban J connectivity index is 4.34. The highest BCUT2D eigenvalue weighted by Gasteiger charge is 2.17. The molecule has 0 fully saturated rings. The lowest BCUT2D eigenvalue weighted by molar-refractivity contribution is -0.114.